The average Bonchev–Trinajstić information content (AvgIpc) is 2.68. The molecule has 2 rings (SSSR count). The lowest BCUT2D eigenvalue weighted by molar-refractivity contribution is 0.386. The number of imidazole rings is 1. The molecule has 17 heavy (non-hydrogen) atoms. The van der Waals surface area contributed by atoms with Gasteiger partial charge in [-0.1, -0.05) is 0 Å². The molecule has 0 unspecified atom stereocenters. The number of hydrogen-bond acceptors (Lipinski definition) is 3. The molecular formula is C13H20N4. The SMILES string of the molecule is CNC(C)(C)c1nc2cccnc2n1C(C)C. The van der Waals surface area contributed by atoms with Gasteiger partial charge in [0.2, 0.25) is 0 Å². The molecule has 2 heterocycles. The molecule has 4 nitrogen and oxygen atoms in total. The molecule has 0 bridgehead atoms. The van der Waals surface area contributed by atoms with Crippen LogP contribution in [0, 0.1) is 0 Å². The maximum atomic E-state index is 4.71. The number of fused-ring (bicyclic) bond motifs is 1. The molecule has 1 N–H and O–H groups in total. The molecule has 0 aromatic carbocycles. The fourth-order valence-electron chi connectivity index (χ4n) is 1.97. The summed E-state index contributed by atoms with van der Waals surface area (Å²) in [5.41, 5.74) is 1.76. The highest BCUT2D eigenvalue weighted by Crippen LogP contribution is 2.26. The van der Waals surface area contributed by atoms with Crippen LogP contribution in [0.5, 0.6) is 0 Å². The molecule has 0 amide bonds. The number of pyridine rings is 1. The fourth-order valence-corrected chi connectivity index (χ4v) is 1.97. The molecule has 0 atom stereocenters. The van der Waals surface area contributed by atoms with Crippen LogP contribution in [0.2, 0.25) is 0 Å². The summed E-state index contributed by atoms with van der Waals surface area (Å²) in [4.78, 5) is 9.16. The Balaban J connectivity index is 2.75. The summed E-state index contributed by atoms with van der Waals surface area (Å²) >= 11 is 0. The first-order chi connectivity index (χ1) is 7.97. The quantitative estimate of drug-likeness (QED) is 0.884. The molecule has 0 fully saturated rings. The predicted molar refractivity (Wildman–Crippen MR) is 70.0 cm³/mol. The lowest BCUT2D eigenvalue weighted by Gasteiger charge is -2.26. The molecule has 92 valence electrons. The minimum absolute atomic E-state index is 0.162. The highest BCUT2D eigenvalue weighted by Gasteiger charge is 2.27. The van der Waals surface area contributed by atoms with Gasteiger partial charge in [-0.05, 0) is 46.9 Å². The van der Waals surface area contributed by atoms with Crippen molar-refractivity contribution in [3.05, 3.63) is 24.2 Å². The molecule has 0 saturated carbocycles. The van der Waals surface area contributed by atoms with Crippen molar-refractivity contribution in [3.63, 3.8) is 0 Å². The van der Waals surface area contributed by atoms with E-state index in [2.05, 4.69) is 42.6 Å². The normalized spacial score (nSPS) is 12.6. The molecule has 0 radical (unpaired) electrons. The van der Waals surface area contributed by atoms with Gasteiger partial charge in [0.25, 0.3) is 0 Å². The summed E-state index contributed by atoms with van der Waals surface area (Å²) < 4.78 is 2.20. The van der Waals surface area contributed by atoms with Crippen molar-refractivity contribution in [1.82, 2.24) is 19.9 Å². The third-order valence-electron chi connectivity index (χ3n) is 3.15. The summed E-state index contributed by atoms with van der Waals surface area (Å²) in [7, 11) is 1.96. The van der Waals surface area contributed by atoms with E-state index < -0.39 is 0 Å². The van der Waals surface area contributed by atoms with Gasteiger partial charge in [-0.2, -0.15) is 0 Å². The zero-order valence-corrected chi connectivity index (χ0v) is 11.2. The maximum Gasteiger partial charge on any atom is 0.160 e. The second kappa shape index (κ2) is 4.11. The maximum absolute atomic E-state index is 4.71. The van der Waals surface area contributed by atoms with Gasteiger partial charge in [-0.25, -0.2) is 9.97 Å². The van der Waals surface area contributed by atoms with Crippen molar-refractivity contribution >= 4 is 11.2 Å². The summed E-state index contributed by atoms with van der Waals surface area (Å²) in [6.07, 6.45) is 1.82. The topological polar surface area (TPSA) is 42.7 Å². The fraction of sp³-hybridized carbons (Fsp3) is 0.538. The highest BCUT2D eigenvalue weighted by molar-refractivity contribution is 5.71. The number of nitrogens with zero attached hydrogens (tertiary/aromatic N) is 3. The molecule has 2 aromatic heterocycles. The van der Waals surface area contributed by atoms with Crippen LogP contribution in [0.1, 0.15) is 39.6 Å². The number of nitrogens with one attached hydrogen (secondary N) is 1. The first kappa shape index (κ1) is 12.0. The monoisotopic (exact) mass is 232 g/mol. The van der Waals surface area contributed by atoms with Gasteiger partial charge in [0.1, 0.15) is 11.3 Å². The van der Waals surface area contributed by atoms with Crippen molar-refractivity contribution in [2.75, 3.05) is 7.05 Å². The van der Waals surface area contributed by atoms with Gasteiger partial charge in [0.15, 0.2) is 5.65 Å². The average molecular weight is 232 g/mol. The smallest absolute Gasteiger partial charge is 0.160 e. The molecule has 0 aliphatic carbocycles. The Kier molecular flexibility index (Phi) is 2.91. The lowest BCUT2D eigenvalue weighted by Crippen LogP contribution is -2.36. The standard InChI is InChI=1S/C13H20N4/c1-9(2)17-11-10(7-6-8-15-11)16-12(17)13(3,4)14-5/h6-9,14H,1-5H3. The molecule has 2 aromatic rings. The third kappa shape index (κ3) is 1.93. The van der Waals surface area contributed by atoms with E-state index in [1.807, 2.05) is 25.4 Å². The van der Waals surface area contributed by atoms with Crippen molar-refractivity contribution < 1.29 is 0 Å². The van der Waals surface area contributed by atoms with E-state index in [-0.39, 0.29) is 5.54 Å². The van der Waals surface area contributed by atoms with Crippen LogP contribution in [0.15, 0.2) is 18.3 Å². The zero-order valence-electron chi connectivity index (χ0n) is 11.2. The summed E-state index contributed by atoms with van der Waals surface area (Å²) in [6, 6.07) is 4.28. The number of hydrogen-bond donors (Lipinski definition) is 1. The number of aromatic nitrogens is 3. The van der Waals surface area contributed by atoms with Crippen LogP contribution >= 0.6 is 0 Å². The van der Waals surface area contributed by atoms with Gasteiger partial charge in [0.05, 0.1) is 5.54 Å². The van der Waals surface area contributed by atoms with Crippen molar-refractivity contribution in [1.29, 1.82) is 0 Å². The van der Waals surface area contributed by atoms with E-state index in [0.717, 1.165) is 17.0 Å². The Bertz CT molecular complexity index is 525. The summed E-state index contributed by atoms with van der Waals surface area (Å²) in [6.45, 7) is 8.58. The minimum Gasteiger partial charge on any atom is -0.309 e. The van der Waals surface area contributed by atoms with Crippen molar-refractivity contribution in [3.8, 4) is 0 Å². The first-order valence-corrected chi connectivity index (χ1v) is 5.99. The molecular weight excluding hydrogens is 212 g/mol. The van der Waals surface area contributed by atoms with Gasteiger partial charge < -0.3 is 9.88 Å². The Morgan fingerprint density at radius 2 is 2.06 bits per heavy atom. The zero-order chi connectivity index (χ0) is 12.6. The largest absolute Gasteiger partial charge is 0.309 e. The molecule has 0 aliphatic rings. The van der Waals surface area contributed by atoms with Gasteiger partial charge in [-0.15, -0.1) is 0 Å². The molecule has 0 spiro atoms. The highest BCUT2D eigenvalue weighted by atomic mass is 15.2. The van der Waals surface area contributed by atoms with Crippen LogP contribution in [0.4, 0.5) is 0 Å². The summed E-state index contributed by atoms with van der Waals surface area (Å²) in [5, 5.41) is 3.30. The van der Waals surface area contributed by atoms with E-state index >= 15 is 0 Å². The predicted octanol–water partition coefficient (Wildman–Crippen LogP) is 2.47. The Morgan fingerprint density at radius 1 is 1.35 bits per heavy atom. The second-order valence-corrected chi connectivity index (χ2v) is 5.12. The Labute approximate surface area is 102 Å². The summed E-state index contributed by atoms with van der Waals surface area (Å²) in [5.74, 6) is 1.03. The Morgan fingerprint density at radius 3 is 2.65 bits per heavy atom. The van der Waals surface area contributed by atoms with E-state index in [1.165, 1.54) is 0 Å². The van der Waals surface area contributed by atoms with Crippen LogP contribution in [-0.4, -0.2) is 21.6 Å². The lowest BCUT2D eigenvalue weighted by atomic mass is 10.0. The molecule has 0 aliphatic heterocycles. The van der Waals surface area contributed by atoms with Crippen LogP contribution in [-0.2, 0) is 5.54 Å². The van der Waals surface area contributed by atoms with E-state index in [1.54, 1.807) is 0 Å². The minimum atomic E-state index is -0.162. The van der Waals surface area contributed by atoms with Crippen molar-refractivity contribution in [2.45, 2.75) is 39.3 Å². The third-order valence-corrected chi connectivity index (χ3v) is 3.15. The van der Waals surface area contributed by atoms with Gasteiger partial charge >= 0.3 is 0 Å². The van der Waals surface area contributed by atoms with Gasteiger partial charge in [-0.3, -0.25) is 0 Å². The molecule has 4 heteroatoms. The first-order valence-electron chi connectivity index (χ1n) is 5.99. The molecule has 0 saturated heterocycles. The van der Waals surface area contributed by atoms with E-state index in [4.69, 9.17) is 4.98 Å². The van der Waals surface area contributed by atoms with Crippen LogP contribution in [0.25, 0.3) is 11.2 Å². The number of rotatable bonds is 3. The van der Waals surface area contributed by atoms with Crippen LogP contribution < -0.4 is 5.32 Å². The second-order valence-electron chi connectivity index (χ2n) is 5.12. The van der Waals surface area contributed by atoms with Crippen molar-refractivity contribution in [2.24, 2.45) is 0 Å². The Hall–Kier alpha value is -1.42. The van der Waals surface area contributed by atoms with E-state index in [0.29, 0.717) is 6.04 Å². The van der Waals surface area contributed by atoms with Crippen LogP contribution in [0.3, 0.4) is 0 Å². The van der Waals surface area contributed by atoms with E-state index in [9.17, 15) is 0 Å². The van der Waals surface area contributed by atoms with Gasteiger partial charge in [0, 0.05) is 12.2 Å².